The molecule has 2 N–H and O–H groups in total. The molecule has 1 aromatic heterocycles. The third-order valence-corrected chi connectivity index (χ3v) is 4.23. The number of nitrogens with zero attached hydrogens (tertiary/aromatic N) is 3. The van der Waals surface area contributed by atoms with Crippen LogP contribution in [0, 0.1) is 11.3 Å². The van der Waals surface area contributed by atoms with Gasteiger partial charge in [-0.15, -0.1) is 0 Å². The molecule has 0 atom stereocenters. The number of rotatable bonds is 5. The van der Waals surface area contributed by atoms with Crippen LogP contribution in [0.25, 0.3) is 0 Å². The summed E-state index contributed by atoms with van der Waals surface area (Å²) in [6.07, 6.45) is 2.72. The molecule has 4 heteroatoms. The Balaban J connectivity index is 2.01. The van der Waals surface area contributed by atoms with Gasteiger partial charge >= 0.3 is 0 Å². The van der Waals surface area contributed by atoms with E-state index in [-0.39, 0.29) is 0 Å². The van der Waals surface area contributed by atoms with Gasteiger partial charge in [0.2, 0.25) is 0 Å². The van der Waals surface area contributed by atoms with E-state index in [1.165, 1.54) is 6.33 Å². The first kappa shape index (κ1) is 15.7. The lowest BCUT2D eigenvalue weighted by molar-refractivity contribution is 0.587. The number of aryl methyl sites for hydroxylation is 1. The summed E-state index contributed by atoms with van der Waals surface area (Å²) in [5.41, 5.74) is 7.83. The molecule has 3 aromatic rings. The van der Waals surface area contributed by atoms with Gasteiger partial charge in [-0.1, -0.05) is 60.7 Å². The van der Waals surface area contributed by atoms with Gasteiger partial charge in [-0.05, 0) is 24.0 Å². The summed E-state index contributed by atoms with van der Waals surface area (Å²) in [5.74, 6) is 0.446. The Kier molecular flexibility index (Phi) is 4.53. The van der Waals surface area contributed by atoms with Gasteiger partial charge in [0, 0.05) is 11.8 Å². The fourth-order valence-electron chi connectivity index (χ4n) is 2.95. The van der Waals surface area contributed by atoms with Crippen molar-refractivity contribution in [2.45, 2.75) is 18.3 Å². The van der Waals surface area contributed by atoms with Crippen LogP contribution < -0.4 is 5.73 Å². The molecule has 0 radical (unpaired) electrons. The molecule has 3 rings (SSSR count). The third-order valence-electron chi connectivity index (χ3n) is 4.23. The van der Waals surface area contributed by atoms with Crippen molar-refractivity contribution in [1.29, 1.82) is 5.26 Å². The van der Waals surface area contributed by atoms with Crippen LogP contribution in [0.1, 0.15) is 23.2 Å². The number of nitriles is 1. The lowest BCUT2D eigenvalue weighted by Gasteiger charge is -2.28. The Morgan fingerprint density at radius 1 is 0.917 bits per heavy atom. The molecule has 0 bridgehead atoms. The first-order valence-electron chi connectivity index (χ1n) is 7.83. The molecule has 0 saturated carbocycles. The standard InChI is InChI=1S/C20H18N4/c21-14-20(16-7-3-1-4-8-16,17-9-5-2-6-10-17)12-11-18-13-19(22)24-15-23-18/h1-10,13,15H,11-12H2,(H2,22,23,24). The Labute approximate surface area is 141 Å². The van der Waals surface area contributed by atoms with Gasteiger partial charge in [-0.2, -0.15) is 5.26 Å². The summed E-state index contributed by atoms with van der Waals surface area (Å²) in [6.45, 7) is 0. The normalized spacial score (nSPS) is 11.0. The van der Waals surface area contributed by atoms with Crippen molar-refractivity contribution in [2.75, 3.05) is 5.73 Å². The first-order chi connectivity index (χ1) is 11.7. The molecule has 0 fully saturated rings. The van der Waals surface area contributed by atoms with Gasteiger partial charge in [0.1, 0.15) is 17.6 Å². The highest BCUT2D eigenvalue weighted by Gasteiger charge is 2.34. The average Bonchev–Trinajstić information content (AvgIpc) is 2.64. The van der Waals surface area contributed by atoms with Gasteiger partial charge in [0.15, 0.2) is 0 Å². The minimum Gasteiger partial charge on any atom is -0.384 e. The van der Waals surface area contributed by atoms with Crippen molar-refractivity contribution >= 4 is 5.82 Å². The summed E-state index contributed by atoms with van der Waals surface area (Å²) < 4.78 is 0. The van der Waals surface area contributed by atoms with Gasteiger partial charge < -0.3 is 5.73 Å². The summed E-state index contributed by atoms with van der Waals surface area (Å²) in [5, 5.41) is 10.1. The predicted octanol–water partition coefficient (Wildman–Crippen LogP) is 3.50. The molecular formula is C20H18N4. The van der Waals surface area contributed by atoms with Crippen molar-refractivity contribution in [3.63, 3.8) is 0 Å². The zero-order chi connectivity index (χ0) is 16.8. The molecule has 0 aliphatic heterocycles. The van der Waals surface area contributed by atoms with E-state index >= 15 is 0 Å². The largest absolute Gasteiger partial charge is 0.384 e. The molecule has 24 heavy (non-hydrogen) atoms. The van der Waals surface area contributed by atoms with Crippen molar-refractivity contribution in [3.05, 3.63) is 89.9 Å². The van der Waals surface area contributed by atoms with Crippen molar-refractivity contribution in [3.8, 4) is 6.07 Å². The summed E-state index contributed by atoms with van der Waals surface area (Å²) in [6, 6.07) is 24.1. The molecule has 4 nitrogen and oxygen atoms in total. The Hall–Kier alpha value is -3.19. The number of aromatic nitrogens is 2. The fraction of sp³-hybridized carbons (Fsp3) is 0.150. The van der Waals surface area contributed by atoms with Gasteiger partial charge in [0.25, 0.3) is 0 Å². The molecule has 0 spiro atoms. The van der Waals surface area contributed by atoms with E-state index in [1.807, 2.05) is 60.7 Å². The molecule has 1 heterocycles. The Bertz CT molecular complexity index is 799. The van der Waals surface area contributed by atoms with E-state index in [0.29, 0.717) is 18.7 Å². The third kappa shape index (κ3) is 3.11. The maximum absolute atomic E-state index is 10.1. The number of nitrogens with two attached hydrogens (primary N) is 1. The van der Waals surface area contributed by atoms with Crippen molar-refractivity contribution in [1.82, 2.24) is 9.97 Å². The highest BCUT2D eigenvalue weighted by atomic mass is 14.9. The highest BCUT2D eigenvalue weighted by Crippen LogP contribution is 2.36. The summed E-state index contributed by atoms with van der Waals surface area (Å²) >= 11 is 0. The molecule has 0 amide bonds. The molecule has 118 valence electrons. The van der Waals surface area contributed by atoms with Gasteiger partial charge in [-0.25, -0.2) is 9.97 Å². The van der Waals surface area contributed by atoms with Crippen LogP contribution in [0.3, 0.4) is 0 Å². The van der Waals surface area contributed by atoms with Crippen LogP contribution in [0.5, 0.6) is 0 Å². The quantitative estimate of drug-likeness (QED) is 0.782. The zero-order valence-corrected chi connectivity index (χ0v) is 13.3. The molecule has 0 aliphatic rings. The minimum atomic E-state index is -0.720. The SMILES string of the molecule is N#CC(CCc1cc(N)ncn1)(c1ccccc1)c1ccccc1. The fourth-order valence-corrected chi connectivity index (χ4v) is 2.95. The van der Waals surface area contributed by atoms with Crippen LogP contribution in [0.4, 0.5) is 5.82 Å². The first-order valence-corrected chi connectivity index (χ1v) is 7.83. The van der Waals surface area contributed by atoms with Crippen LogP contribution in [-0.2, 0) is 11.8 Å². The minimum absolute atomic E-state index is 0.446. The van der Waals surface area contributed by atoms with Crippen molar-refractivity contribution < 1.29 is 0 Å². The van der Waals surface area contributed by atoms with Crippen LogP contribution in [-0.4, -0.2) is 9.97 Å². The maximum atomic E-state index is 10.1. The van der Waals surface area contributed by atoms with E-state index in [2.05, 4.69) is 16.0 Å². The van der Waals surface area contributed by atoms with E-state index < -0.39 is 5.41 Å². The number of hydrogen-bond acceptors (Lipinski definition) is 4. The van der Waals surface area contributed by atoms with E-state index in [4.69, 9.17) is 5.73 Å². The second kappa shape index (κ2) is 6.93. The lowest BCUT2D eigenvalue weighted by atomic mass is 9.72. The smallest absolute Gasteiger partial charge is 0.126 e. The van der Waals surface area contributed by atoms with Crippen LogP contribution >= 0.6 is 0 Å². The predicted molar refractivity (Wildman–Crippen MR) is 94.0 cm³/mol. The van der Waals surface area contributed by atoms with E-state index in [9.17, 15) is 5.26 Å². The highest BCUT2D eigenvalue weighted by molar-refractivity contribution is 5.46. The molecule has 0 saturated heterocycles. The maximum Gasteiger partial charge on any atom is 0.126 e. The topological polar surface area (TPSA) is 75.6 Å². The van der Waals surface area contributed by atoms with Crippen LogP contribution in [0.15, 0.2) is 73.1 Å². The number of anilines is 1. The Morgan fingerprint density at radius 2 is 1.50 bits per heavy atom. The monoisotopic (exact) mass is 314 g/mol. The van der Waals surface area contributed by atoms with Crippen molar-refractivity contribution in [2.24, 2.45) is 0 Å². The second-order valence-electron chi connectivity index (χ2n) is 5.68. The number of nitrogen functional groups attached to an aromatic ring is 1. The van der Waals surface area contributed by atoms with E-state index in [0.717, 1.165) is 16.8 Å². The van der Waals surface area contributed by atoms with Crippen LogP contribution in [0.2, 0.25) is 0 Å². The average molecular weight is 314 g/mol. The molecule has 0 unspecified atom stereocenters. The molecule has 0 aliphatic carbocycles. The molecular weight excluding hydrogens is 296 g/mol. The lowest BCUT2D eigenvalue weighted by Crippen LogP contribution is -2.26. The summed E-state index contributed by atoms with van der Waals surface area (Å²) in [4.78, 5) is 8.19. The van der Waals surface area contributed by atoms with Gasteiger partial charge in [-0.3, -0.25) is 0 Å². The number of benzene rings is 2. The number of hydrogen-bond donors (Lipinski definition) is 1. The van der Waals surface area contributed by atoms with Gasteiger partial charge in [0.05, 0.1) is 6.07 Å². The zero-order valence-electron chi connectivity index (χ0n) is 13.3. The summed E-state index contributed by atoms with van der Waals surface area (Å²) in [7, 11) is 0. The molecule has 2 aromatic carbocycles. The van der Waals surface area contributed by atoms with E-state index in [1.54, 1.807) is 6.07 Å². The Morgan fingerprint density at radius 3 is 2.00 bits per heavy atom. The second-order valence-corrected chi connectivity index (χ2v) is 5.68.